The number of nitrogen functional groups attached to an aromatic ring is 1. The van der Waals surface area contributed by atoms with Crippen molar-refractivity contribution in [1.82, 2.24) is 29.2 Å². The molecule has 0 radical (unpaired) electrons. The molecule has 0 aliphatic heterocycles. The van der Waals surface area contributed by atoms with Crippen LogP contribution >= 0.6 is 0 Å². The molecule has 0 spiro atoms. The predicted octanol–water partition coefficient (Wildman–Crippen LogP) is 4.90. The van der Waals surface area contributed by atoms with Crippen LogP contribution in [0, 0.1) is 6.92 Å². The quantitative estimate of drug-likeness (QED) is 0.261. The lowest BCUT2D eigenvalue weighted by Crippen LogP contribution is -2.32. The summed E-state index contributed by atoms with van der Waals surface area (Å²) in [4.78, 5) is 36.4. The Balaban J connectivity index is 1.62. The molecule has 10 nitrogen and oxygen atoms in total. The summed E-state index contributed by atoms with van der Waals surface area (Å²) in [6.07, 6.45) is 8.64. The maximum absolute atomic E-state index is 14.3. The Hall–Kier alpha value is -5.51. The second-order valence-corrected chi connectivity index (χ2v) is 9.90. The smallest absolute Gasteiger partial charge is 0.263 e. The Labute approximate surface area is 243 Å². The SMILES string of the molecule is C=C/C=N\c1c(C(=O)NC(C)c2cc3cccc(/C=C/c4cnc(C)n4C)c3c(=O)n2-c2ccccc2)c(N)nn1C. The van der Waals surface area contributed by atoms with Crippen molar-refractivity contribution in [2.75, 3.05) is 5.73 Å². The third-order valence-corrected chi connectivity index (χ3v) is 7.18. The van der Waals surface area contributed by atoms with Gasteiger partial charge in [-0.25, -0.2) is 14.7 Å². The molecule has 1 atom stereocenters. The van der Waals surface area contributed by atoms with Crippen molar-refractivity contribution in [3.05, 3.63) is 112 Å². The van der Waals surface area contributed by atoms with Crippen molar-refractivity contribution in [3.63, 3.8) is 0 Å². The van der Waals surface area contributed by atoms with Gasteiger partial charge >= 0.3 is 0 Å². The van der Waals surface area contributed by atoms with Crippen molar-refractivity contribution >= 4 is 46.7 Å². The summed E-state index contributed by atoms with van der Waals surface area (Å²) in [5.41, 5.74) is 9.02. The van der Waals surface area contributed by atoms with Gasteiger partial charge in [-0.15, -0.1) is 0 Å². The van der Waals surface area contributed by atoms with Crippen molar-refractivity contribution in [2.24, 2.45) is 19.1 Å². The van der Waals surface area contributed by atoms with Gasteiger partial charge in [-0.3, -0.25) is 14.2 Å². The number of amides is 1. The van der Waals surface area contributed by atoms with Crippen LogP contribution in [-0.2, 0) is 14.1 Å². The first-order valence-corrected chi connectivity index (χ1v) is 13.4. The van der Waals surface area contributed by atoms with Gasteiger partial charge in [0.05, 0.1) is 23.3 Å². The zero-order chi connectivity index (χ0) is 30.0. The van der Waals surface area contributed by atoms with E-state index in [1.54, 1.807) is 17.8 Å². The average molecular weight is 561 g/mol. The minimum absolute atomic E-state index is 0.0532. The number of aliphatic imine (C=N–C) groups is 1. The third kappa shape index (κ3) is 5.17. The molecule has 0 aliphatic carbocycles. The highest BCUT2D eigenvalue weighted by molar-refractivity contribution is 6.03. The van der Waals surface area contributed by atoms with E-state index in [4.69, 9.17) is 5.73 Å². The summed E-state index contributed by atoms with van der Waals surface area (Å²) in [6.45, 7) is 7.40. The Morgan fingerprint density at radius 3 is 2.57 bits per heavy atom. The number of benzene rings is 2. The molecule has 3 heterocycles. The van der Waals surface area contributed by atoms with Crippen LogP contribution in [0.25, 0.3) is 28.6 Å². The number of aromatic nitrogens is 5. The molecule has 212 valence electrons. The third-order valence-electron chi connectivity index (χ3n) is 7.18. The van der Waals surface area contributed by atoms with Gasteiger partial charge in [-0.1, -0.05) is 55.1 Å². The van der Waals surface area contributed by atoms with Crippen molar-refractivity contribution in [3.8, 4) is 5.69 Å². The first-order valence-electron chi connectivity index (χ1n) is 13.4. The fraction of sp³-hybridized carbons (Fsp3) is 0.156. The molecule has 0 aliphatic rings. The fourth-order valence-electron chi connectivity index (χ4n) is 4.93. The van der Waals surface area contributed by atoms with Gasteiger partial charge in [0.15, 0.2) is 11.6 Å². The van der Waals surface area contributed by atoms with Gasteiger partial charge in [0, 0.05) is 31.7 Å². The lowest BCUT2D eigenvalue weighted by atomic mass is 10.0. The second-order valence-electron chi connectivity index (χ2n) is 9.90. The van der Waals surface area contributed by atoms with Gasteiger partial charge in [0.2, 0.25) is 0 Å². The molecule has 3 aromatic heterocycles. The first kappa shape index (κ1) is 28.0. The van der Waals surface area contributed by atoms with Crippen LogP contribution in [0.3, 0.4) is 0 Å². The van der Waals surface area contributed by atoms with Crippen LogP contribution in [0.1, 0.15) is 46.1 Å². The number of carbonyl (C=O) groups excluding carboxylic acids is 1. The number of anilines is 1. The van der Waals surface area contributed by atoms with Gasteiger partial charge in [-0.05, 0) is 49.1 Å². The van der Waals surface area contributed by atoms with Gasteiger partial charge in [-0.2, -0.15) is 5.10 Å². The predicted molar refractivity (Wildman–Crippen MR) is 168 cm³/mol. The molecular formula is C32H32N8O2. The molecule has 42 heavy (non-hydrogen) atoms. The lowest BCUT2D eigenvalue weighted by molar-refractivity contribution is 0.0940. The maximum atomic E-state index is 14.3. The zero-order valence-corrected chi connectivity index (χ0v) is 23.9. The van der Waals surface area contributed by atoms with Crippen molar-refractivity contribution in [1.29, 1.82) is 0 Å². The molecular weight excluding hydrogens is 528 g/mol. The topological polar surface area (TPSA) is 125 Å². The summed E-state index contributed by atoms with van der Waals surface area (Å²) < 4.78 is 5.06. The summed E-state index contributed by atoms with van der Waals surface area (Å²) in [6, 6.07) is 16.4. The lowest BCUT2D eigenvalue weighted by Gasteiger charge is -2.21. The van der Waals surface area contributed by atoms with E-state index < -0.39 is 11.9 Å². The fourth-order valence-corrected chi connectivity index (χ4v) is 4.93. The Morgan fingerprint density at radius 1 is 1.12 bits per heavy atom. The van der Waals surface area contributed by atoms with Crippen molar-refractivity contribution < 1.29 is 4.79 Å². The van der Waals surface area contributed by atoms with Crippen LogP contribution in [0.4, 0.5) is 11.6 Å². The summed E-state index contributed by atoms with van der Waals surface area (Å²) in [7, 11) is 3.60. The number of hydrogen-bond donors (Lipinski definition) is 2. The number of imidazole rings is 1. The average Bonchev–Trinajstić information content (AvgIpc) is 3.45. The number of hydrogen-bond acceptors (Lipinski definition) is 6. The van der Waals surface area contributed by atoms with Gasteiger partial charge in [0.25, 0.3) is 11.5 Å². The van der Waals surface area contributed by atoms with Crippen LogP contribution in [0.15, 0.2) is 83.2 Å². The minimum atomic E-state index is -0.581. The number of rotatable bonds is 8. The number of para-hydroxylation sites is 1. The molecule has 0 fully saturated rings. The molecule has 0 saturated carbocycles. The largest absolute Gasteiger partial charge is 0.381 e. The number of allylic oxidation sites excluding steroid dienone is 1. The number of aryl methyl sites for hydroxylation is 2. The Bertz CT molecular complexity index is 1930. The number of carbonyl (C=O) groups is 1. The van der Waals surface area contributed by atoms with Crippen LogP contribution < -0.4 is 16.6 Å². The van der Waals surface area contributed by atoms with Gasteiger partial charge < -0.3 is 15.6 Å². The highest BCUT2D eigenvalue weighted by atomic mass is 16.2. The van der Waals surface area contributed by atoms with E-state index in [0.29, 0.717) is 22.6 Å². The highest BCUT2D eigenvalue weighted by Gasteiger charge is 2.24. The summed E-state index contributed by atoms with van der Waals surface area (Å²) in [5, 5.41) is 8.48. The number of pyridine rings is 1. The molecule has 5 aromatic rings. The summed E-state index contributed by atoms with van der Waals surface area (Å²) in [5.74, 6) is 0.792. The highest BCUT2D eigenvalue weighted by Crippen LogP contribution is 2.27. The molecule has 1 amide bonds. The van der Waals surface area contributed by atoms with Crippen LogP contribution in [0.2, 0.25) is 0 Å². The second kappa shape index (κ2) is 11.5. The zero-order valence-electron chi connectivity index (χ0n) is 23.9. The van der Waals surface area contributed by atoms with E-state index in [9.17, 15) is 9.59 Å². The monoisotopic (exact) mass is 560 g/mol. The molecule has 5 rings (SSSR count). The van der Waals surface area contributed by atoms with E-state index in [1.165, 1.54) is 17.0 Å². The van der Waals surface area contributed by atoms with E-state index in [2.05, 4.69) is 27.0 Å². The van der Waals surface area contributed by atoms with Crippen molar-refractivity contribution in [2.45, 2.75) is 19.9 Å². The van der Waals surface area contributed by atoms with E-state index >= 15 is 0 Å². The number of nitrogens with two attached hydrogens (primary N) is 1. The standard InChI is InChI=1S/C32H32N8O2/c1-6-17-34-30-28(29(33)37-39(30)5)31(41)36-20(2)26-18-23-12-10-11-22(15-16-25-19-35-21(3)38(25)4)27(23)32(42)40(26)24-13-8-7-9-14-24/h6-20H,1H2,2-5H3,(H2,33,37)(H,36,41)/b16-15+,34-17-. The minimum Gasteiger partial charge on any atom is -0.381 e. The Morgan fingerprint density at radius 2 is 1.88 bits per heavy atom. The molecule has 0 saturated heterocycles. The summed E-state index contributed by atoms with van der Waals surface area (Å²) >= 11 is 0. The van der Waals surface area contributed by atoms with E-state index in [1.807, 2.05) is 92.2 Å². The van der Waals surface area contributed by atoms with E-state index in [-0.39, 0.29) is 16.9 Å². The normalized spacial score (nSPS) is 12.4. The molecule has 0 bridgehead atoms. The number of nitrogens with one attached hydrogen (secondary N) is 1. The molecule has 3 N–H and O–H groups in total. The number of fused-ring (bicyclic) bond motifs is 1. The van der Waals surface area contributed by atoms with Crippen LogP contribution in [-0.4, -0.2) is 36.0 Å². The van der Waals surface area contributed by atoms with E-state index in [0.717, 1.165) is 22.5 Å². The molecule has 10 heteroatoms. The first-order chi connectivity index (χ1) is 20.2. The van der Waals surface area contributed by atoms with Gasteiger partial charge in [0.1, 0.15) is 11.4 Å². The maximum Gasteiger partial charge on any atom is 0.263 e. The Kier molecular flexibility index (Phi) is 7.70. The van der Waals surface area contributed by atoms with Crippen LogP contribution in [0.5, 0.6) is 0 Å². The number of nitrogens with zero attached hydrogens (tertiary/aromatic N) is 6. The molecule has 1 unspecified atom stereocenters. The molecule has 2 aromatic carbocycles.